The Morgan fingerprint density at radius 3 is 2.38 bits per heavy atom. The molecule has 1 fully saturated rings. The van der Waals surface area contributed by atoms with Crippen LogP contribution in [0.15, 0.2) is 66.9 Å². The quantitative estimate of drug-likeness (QED) is 0.368. The third-order valence-electron chi connectivity index (χ3n) is 6.01. The normalized spacial score (nSPS) is 14.6. The van der Waals surface area contributed by atoms with Gasteiger partial charge in [-0.1, -0.05) is 24.3 Å². The second kappa shape index (κ2) is 11.6. The average molecular weight is 514 g/mol. The van der Waals surface area contributed by atoms with Crippen molar-refractivity contribution in [3.05, 3.63) is 89.1 Å². The van der Waals surface area contributed by atoms with Gasteiger partial charge in [0.1, 0.15) is 23.7 Å². The highest BCUT2D eigenvalue weighted by molar-refractivity contribution is 5.94. The van der Waals surface area contributed by atoms with E-state index in [2.05, 4.69) is 14.8 Å². The number of benzene rings is 2. The fourth-order valence-corrected chi connectivity index (χ4v) is 4.16. The van der Waals surface area contributed by atoms with Crippen molar-refractivity contribution in [2.24, 2.45) is 0 Å². The molecule has 0 aliphatic carbocycles. The number of piperazine rings is 1. The third-order valence-corrected chi connectivity index (χ3v) is 6.01. The highest BCUT2D eigenvalue weighted by Crippen LogP contribution is 2.30. The lowest BCUT2D eigenvalue weighted by atomic mass is 10.1. The largest absolute Gasteiger partial charge is 0.489 e. The molecule has 2 heterocycles. The Morgan fingerprint density at radius 2 is 1.70 bits per heavy atom. The summed E-state index contributed by atoms with van der Waals surface area (Å²) >= 11 is 0. The molecule has 1 aliphatic heterocycles. The summed E-state index contributed by atoms with van der Waals surface area (Å²) in [7, 11) is 0. The lowest BCUT2D eigenvalue weighted by Gasteiger charge is -2.36. The summed E-state index contributed by atoms with van der Waals surface area (Å²) in [5.41, 5.74) is 1.37. The number of hydrogen-bond acceptors (Lipinski definition) is 6. The van der Waals surface area contributed by atoms with Gasteiger partial charge in [0.15, 0.2) is 0 Å². The number of alkyl halides is 3. The number of ether oxygens (including phenoxy) is 2. The zero-order valence-corrected chi connectivity index (χ0v) is 20.9. The molecule has 1 saturated heterocycles. The number of halogens is 3. The molecule has 1 aromatic heterocycles. The maximum absolute atomic E-state index is 12.9. The van der Waals surface area contributed by atoms with Gasteiger partial charge in [-0.05, 0) is 61.4 Å². The molecule has 0 unspecified atom stereocenters. The van der Waals surface area contributed by atoms with Gasteiger partial charge in [-0.25, -0.2) is 9.78 Å². The topological polar surface area (TPSA) is 54.9 Å². The molecule has 0 spiro atoms. The third kappa shape index (κ3) is 7.22. The second-order valence-corrected chi connectivity index (χ2v) is 9.22. The van der Waals surface area contributed by atoms with E-state index in [4.69, 9.17) is 9.47 Å². The predicted molar refractivity (Wildman–Crippen MR) is 134 cm³/mol. The molecule has 0 bridgehead atoms. The minimum Gasteiger partial charge on any atom is -0.489 e. The lowest BCUT2D eigenvalue weighted by molar-refractivity contribution is -0.137. The van der Waals surface area contributed by atoms with Gasteiger partial charge in [0.2, 0.25) is 0 Å². The molecule has 3 aromatic rings. The van der Waals surface area contributed by atoms with Gasteiger partial charge < -0.3 is 14.4 Å². The van der Waals surface area contributed by atoms with Crippen molar-refractivity contribution in [3.63, 3.8) is 0 Å². The van der Waals surface area contributed by atoms with E-state index in [0.29, 0.717) is 22.7 Å². The number of rotatable bonds is 8. The van der Waals surface area contributed by atoms with Crippen molar-refractivity contribution < 1.29 is 27.4 Å². The number of carbonyl (C=O) groups is 1. The molecule has 0 radical (unpaired) electrons. The van der Waals surface area contributed by atoms with Crippen LogP contribution in [0.1, 0.15) is 40.9 Å². The Kier molecular flexibility index (Phi) is 8.33. The zero-order chi connectivity index (χ0) is 26.4. The molecule has 4 rings (SSSR count). The second-order valence-electron chi connectivity index (χ2n) is 9.22. The van der Waals surface area contributed by atoms with Crippen molar-refractivity contribution in [3.8, 4) is 5.75 Å². The van der Waals surface area contributed by atoms with Gasteiger partial charge in [0.25, 0.3) is 0 Å². The minimum atomic E-state index is -4.37. The number of carbonyl (C=O) groups excluding carboxylic acids is 1. The first-order valence-corrected chi connectivity index (χ1v) is 12.2. The molecular formula is C28H30F3N3O3. The Balaban J connectivity index is 1.28. The number of hydrogen-bond donors (Lipinski definition) is 0. The van der Waals surface area contributed by atoms with Crippen LogP contribution in [0, 0.1) is 0 Å². The molecule has 0 saturated carbocycles. The van der Waals surface area contributed by atoms with Crippen molar-refractivity contribution >= 4 is 11.8 Å². The summed E-state index contributed by atoms with van der Waals surface area (Å²) in [6.07, 6.45) is -2.89. The van der Waals surface area contributed by atoms with Crippen molar-refractivity contribution in [1.82, 2.24) is 9.88 Å². The molecule has 0 amide bonds. The highest BCUT2D eigenvalue weighted by Gasteiger charge is 2.30. The molecule has 0 N–H and O–H groups in total. The Hall–Kier alpha value is -3.59. The number of anilines is 1. The summed E-state index contributed by atoms with van der Waals surface area (Å²) in [6, 6.07) is 16.2. The summed E-state index contributed by atoms with van der Waals surface area (Å²) in [6.45, 7) is 7.54. The van der Waals surface area contributed by atoms with Crippen LogP contribution in [0.5, 0.6) is 5.75 Å². The van der Waals surface area contributed by atoms with E-state index in [1.54, 1.807) is 24.4 Å². The zero-order valence-electron chi connectivity index (χ0n) is 20.9. The molecule has 37 heavy (non-hydrogen) atoms. The van der Waals surface area contributed by atoms with E-state index in [0.717, 1.165) is 50.4 Å². The number of esters is 1. The summed E-state index contributed by atoms with van der Waals surface area (Å²) in [5, 5.41) is 0. The highest BCUT2D eigenvalue weighted by atomic mass is 19.4. The standard InChI is InChI=1S/C28H30F3N3O3/c1-20(2)37-27(35)25-7-4-12-32-26(25)34-15-13-33(14-16-34)18-21-8-10-24(11-9-21)36-19-22-5-3-6-23(17-22)28(29,30)31/h3-12,17,20H,13-16,18-19H2,1-2H3. The van der Waals surface area contributed by atoms with Crippen LogP contribution in [0.25, 0.3) is 0 Å². The van der Waals surface area contributed by atoms with E-state index in [1.165, 1.54) is 6.07 Å². The molecule has 9 heteroatoms. The number of pyridine rings is 1. The van der Waals surface area contributed by atoms with E-state index in [1.807, 2.05) is 38.1 Å². The van der Waals surface area contributed by atoms with Crippen LogP contribution >= 0.6 is 0 Å². The SMILES string of the molecule is CC(C)OC(=O)c1cccnc1N1CCN(Cc2ccc(OCc3cccc(C(F)(F)F)c3)cc2)CC1. The van der Waals surface area contributed by atoms with Gasteiger partial charge >= 0.3 is 12.1 Å². The molecule has 1 aliphatic rings. The van der Waals surface area contributed by atoms with Gasteiger partial charge in [-0.2, -0.15) is 13.2 Å². The van der Waals surface area contributed by atoms with Crippen molar-refractivity contribution in [2.45, 2.75) is 39.3 Å². The van der Waals surface area contributed by atoms with Gasteiger partial charge in [-0.3, -0.25) is 4.90 Å². The molecule has 2 aromatic carbocycles. The number of nitrogens with zero attached hydrogens (tertiary/aromatic N) is 3. The van der Waals surface area contributed by atoms with Gasteiger partial charge in [-0.15, -0.1) is 0 Å². The first kappa shape index (κ1) is 26.5. The Labute approximate surface area is 214 Å². The smallest absolute Gasteiger partial charge is 0.416 e. The summed E-state index contributed by atoms with van der Waals surface area (Å²) < 4.78 is 49.7. The van der Waals surface area contributed by atoms with Crippen LogP contribution in [-0.4, -0.2) is 48.1 Å². The monoisotopic (exact) mass is 513 g/mol. The fourth-order valence-electron chi connectivity index (χ4n) is 4.16. The number of aromatic nitrogens is 1. The summed E-state index contributed by atoms with van der Waals surface area (Å²) in [5.74, 6) is 0.882. The minimum absolute atomic E-state index is 0.0610. The van der Waals surface area contributed by atoms with Gasteiger partial charge in [0, 0.05) is 38.9 Å². The fraction of sp³-hybridized carbons (Fsp3) is 0.357. The van der Waals surface area contributed by atoms with Crippen LogP contribution in [0.2, 0.25) is 0 Å². The van der Waals surface area contributed by atoms with E-state index >= 15 is 0 Å². The van der Waals surface area contributed by atoms with E-state index in [9.17, 15) is 18.0 Å². The molecular weight excluding hydrogens is 483 g/mol. The van der Waals surface area contributed by atoms with Crippen LogP contribution in [0.4, 0.5) is 19.0 Å². The van der Waals surface area contributed by atoms with Crippen LogP contribution < -0.4 is 9.64 Å². The molecule has 6 nitrogen and oxygen atoms in total. The maximum atomic E-state index is 12.9. The first-order valence-electron chi connectivity index (χ1n) is 12.2. The van der Waals surface area contributed by atoms with Crippen molar-refractivity contribution in [1.29, 1.82) is 0 Å². The molecule has 0 atom stereocenters. The van der Waals surface area contributed by atoms with Crippen LogP contribution in [0.3, 0.4) is 0 Å². The lowest BCUT2D eigenvalue weighted by Crippen LogP contribution is -2.46. The van der Waals surface area contributed by atoms with Gasteiger partial charge in [0.05, 0.1) is 11.7 Å². The van der Waals surface area contributed by atoms with Crippen molar-refractivity contribution in [2.75, 3.05) is 31.1 Å². The average Bonchev–Trinajstić information content (AvgIpc) is 2.88. The maximum Gasteiger partial charge on any atom is 0.416 e. The van der Waals surface area contributed by atoms with Crippen LogP contribution in [-0.2, 0) is 24.1 Å². The summed E-state index contributed by atoms with van der Waals surface area (Å²) in [4.78, 5) is 21.4. The Bertz CT molecular complexity index is 1190. The van der Waals surface area contributed by atoms with E-state index < -0.39 is 11.7 Å². The first-order chi connectivity index (χ1) is 17.7. The Morgan fingerprint density at radius 1 is 0.973 bits per heavy atom. The predicted octanol–water partition coefficient (Wildman–Crippen LogP) is 5.57. The van der Waals surface area contributed by atoms with E-state index in [-0.39, 0.29) is 18.7 Å². The molecule has 196 valence electrons.